The summed E-state index contributed by atoms with van der Waals surface area (Å²) in [5, 5.41) is 5.43. The SMILES string of the molecule is COCc1cc(=O)[nH]c(SCC(=O)Nc2ccc3ccccc3c2)n1. The number of carbonyl (C=O) groups is 1. The minimum Gasteiger partial charge on any atom is -0.378 e. The molecule has 0 bridgehead atoms. The second-order valence-electron chi connectivity index (χ2n) is 5.37. The lowest BCUT2D eigenvalue weighted by molar-refractivity contribution is -0.113. The molecule has 0 spiro atoms. The number of aromatic amines is 1. The van der Waals surface area contributed by atoms with E-state index in [1.165, 1.54) is 24.9 Å². The molecule has 1 amide bonds. The van der Waals surface area contributed by atoms with Gasteiger partial charge in [0.05, 0.1) is 18.1 Å². The molecule has 1 aromatic heterocycles. The van der Waals surface area contributed by atoms with Gasteiger partial charge in [0, 0.05) is 18.9 Å². The van der Waals surface area contributed by atoms with Gasteiger partial charge in [0.25, 0.3) is 5.56 Å². The number of fused-ring (bicyclic) bond motifs is 1. The van der Waals surface area contributed by atoms with Crippen LogP contribution in [-0.4, -0.2) is 28.7 Å². The van der Waals surface area contributed by atoms with Crippen LogP contribution < -0.4 is 10.9 Å². The van der Waals surface area contributed by atoms with E-state index in [4.69, 9.17) is 4.74 Å². The van der Waals surface area contributed by atoms with E-state index in [0.717, 1.165) is 16.5 Å². The van der Waals surface area contributed by atoms with Gasteiger partial charge in [-0.3, -0.25) is 9.59 Å². The molecule has 7 heteroatoms. The minimum atomic E-state index is -0.264. The molecule has 128 valence electrons. The summed E-state index contributed by atoms with van der Waals surface area (Å²) in [4.78, 5) is 30.6. The van der Waals surface area contributed by atoms with Crippen LogP contribution in [0.2, 0.25) is 0 Å². The fourth-order valence-electron chi connectivity index (χ4n) is 2.37. The maximum atomic E-state index is 12.1. The van der Waals surface area contributed by atoms with Gasteiger partial charge in [-0.1, -0.05) is 42.1 Å². The Hall–Kier alpha value is -2.64. The van der Waals surface area contributed by atoms with Gasteiger partial charge < -0.3 is 15.0 Å². The van der Waals surface area contributed by atoms with Crippen LogP contribution in [0.15, 0.2) is 58.5 Å². The summed E-state index contributed by atoms with van der Waals surface area (Å²) in [5.41, 5.74) is 1.00. The zero-order chi connectivity index (χ0) is 17.6. The largest absolute Gasteiger partial charge is 0.378 e. The van der Waals surface area contributed by atoms with Gasteiger partial charge in [0.15, 0.2) is 5.16 Å². The van der Waals surface area contributed by atoms with Crippen molar-refractivity contribution in [2.75, 3.05) is 18.2 Å². The van der Waals surface area contributed by atoms with Gasteiger partial charge in [-0.05, 0) is 22.9 Å². The Labute approximate surface area is 148 Å². The number of aromatic nitrogens is 2. The van der Waals surface area contributed by atoms with E-state index >= 15 is 0 Å². The highest BCUT2D eigenvalue weighted by molar-refractivity contribution is 7.99. The zero-order valence-electron chi connectivity index (χ0n) is 13.6. The third-order valence-corrected chi connectivity index (χ3v) is 4.31. The second-order valence-corrected chi connectivity index (χ2v) is 6.34. The number of carbonyl (C=O) groups excluding carboxylic acids is 1. The molecule has 2 N–H and O–H groups in total. The number of nitrogens with one attached hydrogen (secondary N) is 2. The van der Waals surface area contributed by atoms with E-state index < -0.39 is 0 Å². The maximum absolute atomic E-state index is 12.1. The molecule has 3 rings (SSSR count). The van der Waals surface area contributed by atoms with E-state index in [1.54, 1.807) is 0 Å². The lowest BCUT2D eigenvalue weighted by Gasteiger charge is -2.07. The molecule has 0 aliphatic rings. The van der Waals surface area contributed by atoms with E-state index in [1.807, 2.05) is 42.5 Å². The molecule has 1 heterocycles. The van der Waals surface area contributed by atoms with Gasteiger partial charge in [0.1, 0.15) is 0 Å². The lowest BCUT2D eigenvalue weighted by atomic mass is 10.1. The number of methoxy groups -OCH3 is 1. The standard InChI is InChI=1S/C18H17N3O3S/c1-24-10-15-9-16(22)21-18(20-15)25-11-17(23)19-14-7-6-12-4-2-3-5-13(12)8-14/h2-9H,10-11H2,1H3,(H,19,23)(H,20,21,22). The van der Waals surface area contributed by atoms with Crippen molar-refractivity contribution in [2.24, 2.45) is 0 Å². The number of benzene rings is 2. The minimum absolute atomic E-state index is 0.145. The Morgan fingerprint density at radius 1 is 1.20 bits per heavy atom. The lowest BCUT2D eigenvalue weighted by Crippen LogP contribution is -2.16. The highest BCUT2D eigenvalue weighted by Gasteiger charge is 2.07. The van der Waals surface area contributed by atoms with Crippen LogP contribution in [0, 0.1) is 0 Å². The summed E-state index contributed by atoms with van der Waals surface area (Å²) in [6.07, 6.45) is 0. The predicted molar refractivity (Wildman–Crippen MR) is 98.9 cm³/mol. The molecule has 25 heavy (non-hydrogen) atoms. The van der Waals surface area contributed by atoms with Crippen molar-refractivity contribution in [1.82, 2.24) is 9.97 Å². The van der Waals surface area contributed by atoms with Gasteiger partial charge >= 0.3 is 0 Å². The summed E-state index contributed by atoms with van der Waals surface area (Å²) in [5.74, 6) is -0.0216. The summed E-state index contributed by atoms with van der Waals surface area (Å²) < 4.78 is 4.97. The number of hydrogen-bond donors (Lipinski definition) is 2. The zero-order valence-corrected chi connectivity index (χ0v) is 14.4. The molecule has 3 aromatic rings. The summed E-state index contributed by atoms with van der Waals surface area (Å²) in [7, 11) is 1.53. The second kappa shape index (κ2) is 7.96. The molecular formula is C18H17N3O3S. The normalized spacial score (nSPS) is 10.8. The Morgan fingerprint density at radius 2 is 2.00 bits per heavy atom. The van der Waals surface area contributed by atoms with Crippen molar-refractivity contribution in [3.8, 4) is 0 Å². The number of amides is 1. The van der Waals surface area contributed by atoms with Crippen molar-refractivity contribution < 1.29 is 9.53 Å². The van der Waals surface area contributed by atoms with Crippen LogP contribution in [-0.2, 0) is 16.1 Å². The van der Waals surface area contributed by atoms with E-state index in [-0.39, 0.29) is 23.8 Å². The van der Waals surface area contributed by atoms with Crippen molar-refractivity contribution >= 4 is 34.1 Å². The van der Waals surface area contributed by atoms with Crippen molar-refractivity contribution in [3.63, 3.8) is 0 Å². The first kappa shape index (κ1) is 17.2. The number of nitrogens with zero attached hydrogens (tertiary/aromatic N) is 1. The molecule has 0 atom stereocenters. The molecular weight excluding hydrogens is 338 g/mol. The Morgan fingerprint density at radius 3 is 2.80 bits per heavy atom. The van der Waals surface area contributed by atoms with Crippen LogP contribution in [0.4, 0.5) is 5.69 Å². The van der Waals surface area contributed by atoms with E-state index in [2.05, 4.69) is 15.3 Å². The topological polar surface area (TPSA) is 84.1 Å². The molecule has 2 aromatic carbocycles. The Balaban J connectivity index is 1.63. The van der Waals surface area contributed by atoms with Gasteiger partial charge in [-0.25, -0.2) is 4.98 Å². The van der Waals surface area contributed by atoms with Crippen LogP contribution in [0.5, 0.6) is 0 Å². The highest BCUT2D eigenvalue weighted by atomic mass is 32.2. The summed E-state index contributed by atoms with van der Waals surface area (Å²) >= 11 is 1.17. The van der Waals surface area contributed by atoms with Crippen LogP contribution in [0.25, 0.3) is 10.8 Å². The average Bonchev–Trinajstić information content (AvgIpc) is 2.60. The molecule has 0 radical (unpaired) electrons. The van der Waals surface area contributed by atoms with Gasteiger partial charge in [-0.2, -0.15) is 0 Å². The summed E-state index contributed by atoms with van der Waals surface area (Å²) in [6.45, 7) is 0.251. The number of ether oxygens (including phenoxy) is 1. The quantitative estimate of drug-likeness (QED) is 0.525. The third-order valence-electron chi connectivity index (χ3n) is 3.44. The highest BCUT2D eigenvalue weighted by Crippen LogP contribution is 2.19. The smallest absolute Gasteiger partial charge is 0.251 e. The molecule has 0 aliphatic heterocycles. The van der Waals surface area contributed by atoms with Gasteiger partial charge in [0.2, 0.25) is 5.91 Å². The first-order valence-electron chi connectivity index (χ1n) is 7.65. The number of H-pyrrole nitrogens is 1. The van der Waals surface area contributed by atoms with E-state index in [9.17, 15) is 9.59 Å². The van der Waals surface area contributed by atoms with E-state index in [0.29, 0.717) is 10.9 Å². The molecule has 0 saturated carbocycles. The fraction of sp³-hybridized carbons (Fsp3) is 0.167. The van der Waals surface area contributed by atoms with Gasteiger partial charge in [-0.15, -0.1) is 0 Å². The van der Waals surface area contributed by atoms with Crippen molar-refractivity contribution in [2.45, 2.75) is 11.8 Å². The molecule has 6 nitrogen and oxygen atoms in total. The van der Waals surface area contributed by atoms with Crippen LogP contribution in [0.1, 0.15) is 5.69 Å². The number of rotatable bonds is 6. The molecule has 0 fully saturated rings. The molecule has 0 unspecified atom stereocenters. The fourth-order valence-corrected chi connectivity index (χ4v) is 3.07. The average molecular weight is 355 g/mol. The first-order valence-corrected chi connectivity index (χ1v) is 8.63. The number of hydrogen-bond acceptors (Lipinski definition) is 5. The number of thioether (sulfide) groups is 1. The van der Waals surface area contributed by atoms with Crippen LogP contribution >= 0.6 is 11.8 Å². The Bertz CT molecular complexity index is 955. The third kappa shape index (κ3) is 4.68. The summed E-state index contributed by atoms with van der Waals surface area (Å²) in [6, 6.07) is 15.1. The van der Waals surface area contributed by atoms with Crippen molar-refractivity contribution in [1.29, 1.82) is 0 Å². The molecule has 0 saturated heterocycles. The first-order chi connectivity index (χ1) is 12.1. The maximum Gasteiger partial charge on any atom is 0.251 e. The van der Waals surface area contributed by atoms with Crippen LogP contribution in [0.3, 0.4) is 0 Å². The molecule has 0 aliphatic carbocycles. The Kier molecular flexibility index (Phi) is 5.47. The predicted octanol–water partition coefficient (Wildman–Crippen LogP) is 2.80. The number of anilines is 1. The monoisotopic (exact) mass is 355 g/mol. The van der Waals surface area contributed by atoms with Crippen molar-refractivity contribution in [3.05, 3.63) is 64.6 Å².